The summed E-state index contributed by atoms with van der Waals surface area (Å²) in [5.74, 6) is -1.01. The highest BCUT2D eigenvalue weighted by Crippen LogP contribution is 2.35. The van der Waals surface area contributed by atoms with Gasteiger partial charge in [-0.05, 0) is 13.3 Å². The van der Waals surface area contributed by atoms with Gasteiger partial charge in [0.1, 0.15) is 0 Å². The number of anilines is 1. The minimum Gasteiger partial charge on any atom is -0.481 e. The Hall–Kier alpha value is -1.29. The van der Waals surface area contributed by atoms with Crippen molar-refractivity contribution in [2.75, 3.05) is 23.0 Å². The minimum atomic E-state index is -3.10. The zero-order chi connectivity index (χ0) is 14.3. The third kappa shape index (κ3) is 2.84. The number of thioether (sulfide) groups is 1. The van der Waals surface area contributed by atoms with Crippen molar-refractivity contribution in [3.8, 4) is 0 Å². The van der Waals surface area contributed by atoms with Gasteiger partial charge in [-0.2, -0.15) is 0 Å². The van der Waals surface area contributed by atoms with E-state index in [1.165, 1.54) is 4.57 Å². The molecule has 0 aliphatic carbocycles. The quantitative estimate of drug-likeness (QED) is 0.717. The summed E-state index contributed by atoms with van der Waals surface area (Å²) in [6.45, 7) is 1.77. The van der Waals surface area contributed by atoms with Crippen LogP contribution in [0.2, 0.25) is 0 Å². The van der Waals surface area contributed by atoms with E-state index in [1.54, 1.807) is 6.92 Å². The van der Waals surface area contributed by atoms with Crippen LogP contribution in [0.25, 0.3) is 0 Å². The number of nitrogen functional groups attached to an aromatic ring is 1. The first kappa shape index (κ1) is 14.1. The molecule has 0 radical (unpaired) electrons. The molecule has 10 heteroatoms. The number of sulfone groups is 1. The van der Waals surface area contributed by atoms with Crippen LogP contribution in [-0.2, 0) is 20.2 Å². The van der Waals surface area contributed by atoms with Crippen LogP contribution in [-0.4, -0.2) is 51.5 Å². The number of aromatic nitrogens is 3. The number of hydrogen-bond acceptors (Lipinski definition) is 7. The highest BCUT2D eigenvalue weighted by atomic mass is 32.2. The second-order valence-electron chi connectivity index (χ2n) is 4.70. The van der Waals surface area contributed by atoms with Crippen LogP contribution in [0.4, 0.5) is 5.95 Å². The van der Waals surface area contributed by atoms with Gasteiger partial charge >= 0.3 is 5.97 Å². The molecule has 1 saturated heterocycles. The van der Waals surface area contributed by atoms with Crippen molar-refractivity contribution in [3.05, 3.63) is 0 Å². The fourth-order valence-corrected chi connectivity index (χ4v) is 5.09. The van der Waals surface area contributed by atoms with Crippen molar-refractivity contribution in [1.82, 2.24) is 14.8 Å². The van der Waals surface area contributed by atoms with Crippen molar-refractivity contribution in [2.24, 2.45) is 0 Å². The van der Waals surface area contributed by atoms with Crippen LogP contribution < -0.4 is 5.73 Å². The van der Waals surface area contributed by atoms with Gasteiger partial charge in [0.15, 0.2) is 15.0 Å². The van der Waals surface area contributed by atoms with Crippen LogP contribution in [0, 0.1) is 0 Å². The third-order valence-corrected chi connectivity index (χ3v) is 5.81. The average Bonchev–Trinajstić information content (AvgIpc) is 2.77. The van der Waals surface area contributed by atoms with Gasteiger partial charge in [-0.1, -0.05) is 11.8 Å². The van der Waals surface area contributed by atoms with Crippen molar-refractivity contribution in [1.29, 1.82) is 0 Å². The van der Waals surface area contributed by atoms with Crippen LogP contribution in [0.5, 0.6) is 0 Å². The smallest absolute Gasteiger partial charge is 0.313 e. The molecule has 8 nitrogen and oxygen atoms in total. The second-order valence-corrected chi connectivity index (χ2v) is 7.82. The molecule has 0 aromatic carbocycles. The van der Waals surface area contributed by atoms with E-state index < -0.39 is 21.3 Å². The summed E-state index contributed by atoms with van der Waals surface area (Å²) in [7, 11) is -3.10. The predicted molar refractivity (Wildman–Crippen MR) is 69.7 cm³/mol. The molecule has 1 aromatic heterocycles. The standard InChI is InChI=1S/C9H14N4O4S2/c1-9(2-3-19(16,17)5-9)13-7(10)11-12-8(13)18-4-6(14)15/h2-5H2,1H3,(H2,10,11)(H,14,15). The molecule has 1 fully saturated rings. The minimum absolute atomic E-state index is 0.0388. The first-order valence-corrected chi connectivity index (χ1v) is 8.31. The molecule has 0 bridgehead atoms. The Bertz CT molecular complexity index is 612. The van der Waals surface area contributed by atoms with Gasteiger partial charge in [-0.3, -0.25) is 9.36 Å². The number of aliphatic carboxylic acids is 1. The molecule has 3 N–H and O–H groups in total. The molecule has 2 heterocycles. The van der Waals surface area contributed by atoms with Crippen LogP contribution >= 0.6 is 11.8 Å². The van der Waals surface area contributed by atoms with Crippen molar-refractivity contribution < 1.29 is 18.3 Å². The largest absolute Gasteiger partial charge is 0.481 e. The van der Waals surface area contributed by atoms with Gasteiger partial charge in [-0.15, -0.1) is 10.2 Å². The van der Waals surface area contributed by atoms with E-state index >= 15 is 0 Å². The number of hydrogen-bond donors (Lipinski definition) is 2. The Labute approximate surface area is 114 Å². The van der Waals surface area contributed by atoms with Gasteiger partial charge in [-0.25, -0.2) is 8.42 Å². The monoisotopic (exact) mass is 306 g/mol. The summed E-state index contributed by atoms with van der Waals surface area (Å²) in [6, 6.07) is 0. The molecular formula is C9H14N4O4S2. The van der Waals surface area contributed by atoms with Gasteiger partial charge in [0.05, 0.1) is 22.8 Å². The molecule has 1 aliphatic heterocycles. The maximum Gasteiger partial charge on any atom is 0.313 e. The Balaban J connectivity index is 2.34. The lowest BCUT2D eigenvalue weighted by molar-refractivity contribution is -0.133. The summed E-state index contributed by atoms with van der Waals surface area (Å²) >= 11 is 0.976. The zero-order valence-electron chi connectivity index (χ0n) is 10.2. The van der Waals surface area contributed by atoms with Gasteiger partial charge < -0.3 is 10.8 Å². The zero-order valence-corrected chi connectivity index (χ0v) is 11.9. The topological polar surface area (TPSA) is 128 Å². The van der Waals surface area contributed by atoms with Crippen molar-refractivity contribution >= 4 is 33.5 Å². The third-order valence-electron chi connectivity index (χ3n) is 3.01. The lowest BCUT2D eigenvalue weighted by Crippen LogP contribution is -2.33. The molecule has 0 amide bonds. The van der Waals surface area contributed by atoms with Crippen LogP contribution in [0.3, 0.4) is 0 Å². The summed E-state index contributed by atoms with van der Waals surface area (Å²) < 4.78 is 24.8. The highest BCUT2D eigenvalue weighted by Gasteiger charge is 2.42. The summed E-state index contributed by atoms with van der Waals surface area (Å²) in [5, 5.41) is 16.5. The van der Waals surface area contributed by atoms with E-state index in [0.29, 0.717) is 11.6 Å². The molecule has 0 spiro atoms. The number of nitrogens with two attached hydrogens (primary N) is 1. The fourth-order valence-electron chi connectivity index (χ4n) is 2.18. The molecule has 1 atom stereocenters. The second kappa shape index (κ2) is 4.67. The van der Waals surface area contributed by atoms with Gasteiger partial charge in [0, 0.05) is 0 Å². The molecule has 1 unspecified atom stereocenters. The van der Waals surface area contributed by atoms with E-state index in [0.717, 1.165) is 11.8 Å². The summed E-state index contributed by atoms with van der Waals surface area (Å²) in [5.41, 5.74) is 5.02. The molecule has 0 saturated carbocycles. The Morgan fingerprint density at radius 1 is 1.58 bits per heavy atom. The SMILES string of the molecule is CC1(n2c(N)nnc2SCC(=O)O)CCS(=O)(=O)C1. The first-order valence-electron chi connectivity index (χ1n) is 5.50. The van der Waals surface area contributed by atoms with Crippen LogP contribution in [0.15, 0.2) is 5.16 Å². The lowest BCUT2D eigenvalue weighted by atomic mass is 10.0. The maximum atomic E-state index is 11.6. The van der Waals surface area contributed by atoms with Crippen LogP contribution in [0.1, 0.15) is 13.3 Å². The van der Waals surface area contributed by atoms with E-state index in [-0.39, 0.29) is 23.2 Å². The predicted octanol–water partition coefficient (Wildman–Crippen LogP) is -0.429. The highest BCUT2D eigenvalue weighted by molar-refractivity contribution is 7.99. The summed E-state index contributed by atoms with van der Waals surface area (Å²) in [4.78, 5) is 10.6. The first-order chi connectivity index (χ1) is 8.73. The lowest BCUT2D eigenvalue weighted by Gasteiger charge is -2.26. The van der Waals surface area contributed by atoms with E-state index in [1.807, 2.05) is 0 Å². The molecule has 2 rings (SSSR count). The molecule has 1 aliphatic rings. The fraction of sp³-hybridized carbons (Fsp3) is 0.667. The van der Waals surface area contributed by atoms with Gasteiger partial charge in [0.25, 0.3) is 0 Å². The molecule has 106 valence electrons. The number of carbonyl (C=O) groups is 1. The summed E-state index contributed by atoms with van der Waals surface area (Å²) in [6.07, 6.45) is 0.415. The Kier molecular flexibility index (Phi) is 3.47. The normalized spacial score (nSPS) is 25.5. The van der Waals surface area contributed by atoms with E-state index in [4.69, 9.17) is 10.8 Å². The molecule has 19 heavy (non-hydrogen) atoms. The number of rotatable bonds is 4. The Morgan fingerprint density at radius 2 is 2.26 bits per heavy atom. The van der Waals surface area contributed by atoms with Crippen molar-refractivity contribution in [2.45, 2.75) is 24.0 Å². The van der Waals surface area contributed by atoms with Gasteiger partial charge in [0.2, 0.25) is 5.95 Å². The van der Waals surface area contributed by atoms with E-state index in [9.17, 15) is 13.2 Å². The maximum absolute atomic E-state index is 11.6. The Morgan fingerprint density at radius 3 is 2.79 bits per heavy atom. The number of nitrogens with zero attached hydrogens (tertiary/aromatic N) is 3. The molecular weight excluding hydrogens is 292 g/mol. The van der Waals surface area contributed by atoms with E-state index in [2.05, 4.69) is 10.2 Å². The number of carboxylic acid groups (broad SMARTS) is 1. The molecule has 1 aromatic rings. The average molecular weight is 306 g/mol. The number of carboxylic acids is 1. The van der Waals surface area contributed by atoms with Crippen molar-refractivity contribution in [3.63, 3.8) is 0 Å².